The van der Waals surface area contributed by atoms with Crippen LogP contribution in [-0.4, -0.2) is 22.9 Å². The molecule has 3 aromatic rings. The Kier molecular flexibility index (Phi) is 4.20. The highest BCUT2D eigenvalue weighted by atomic mass is 32.2. The molecule has 0 saturated heterocycles. The number of hydrogen-bond donors (Lipinski definition) is 1. The number of aromatic nitrogens is 2. The highest BCUT2D eigenvalue weighted by Crippen LogP contribution is 2.38. The average Bonchev–Trinajstić information content (AvgIpc) is 3.42. The molecule has 0 atom stereocenters. The molecule has 0 amide bonds. The molecule has 9 heteroatoms. The van der Waals surface area contributed by atoms with Gasteiger partial charge in [0.1, 0.15) is 5.82 Å². The van der Waals surface area contributed by atoms with E-state index in [2.05, 4.69) is 14.3 Å². The number of benzene rings is 2. The van der Waals surface area contributed by atoms with Gasteiger partial charge in [-0.3, -0.25) is 10.1 Å². The van der Waals surface area contributed by atoms with Crippen LogP contribution in [0.4, 0.5) is 5.69 Å². The van der Waals surface area contributed by atoms with E-state index < -0.39 is 14.9 Å². The second-order valence-corrected chi connectivity index (χ2v) is 8.43. The summed E-state index contributed by atoms with van der Waals surface area (Å²) in [7, 11) is -3.76. The van der Waals surface area contributed by atoms with Gasteiger partial charge in [0.05, 0.1) is 20.9 Å². The van der Waals surface area contributed by atoms with Crippen molar-refractivity contribution in [2.45, 2.75) is 37.2 Å². The van der Waals surface area contributed by atoms with E-state index in [0.29, 0.717) is 6.04 Å². The monoisotopic (exact) mass is 386 g/mol. The Morgan fingerprint density at radius 1 is 1.22 bits per heavy atom. The number of rotatable bonds is 6. The van der Waals surface area contributed by atoms with E-state index in [1.54, 1.807) is 0 Å². The van der Waals surface area contributed by atoms with Crippen molar-refractivity contribution in [2.24, 2.45) is 0 Å². The SMILES string of the molecule is Cc1nc2cc(CNS(=O)(=O)c3ccc([N+](=O)[O-])cc3)ccc2n1C1CC1. The van der Waals surface area contributed by atoms with Gasteiger partial charge in [-0.05, 0) is 49.6 Å². The number of nitro groups is 1. The van der Waals surface area contributed by atoms with E-state index in [1.165, 1.54) is 37.1 Å². The van der Waals surface area contributed by atoms with Crippen LogP contribution in [0, 0.1) is 17.0 Å². The number of fused-ring (bicyclic) bond motifs is 1. The number of imidazole rings is 1. The van der Waals surface area contributed by atoms with Crippen molar-refractivity contribution in [3.8, 4) is 0 Å². The van der Waals surface area contributed by atoms with Crippen LogP contribution >= 0.6 is 0 Å². The average molecular weight is 386 g/mol. The first-order valence-corrected chi connectivity index (χ1v) is 10.0. The summed E-state index contributed by atoms with van der Waals surface area (Å²) in [6, 6.07) is 11.1. The smallest absolute Gasteiger partial charge is 0.269 e. The molecule has 1 aliphatic carbocycles. The second-order valence-electron chi connectivity index (χ2n) is 6.66. The lowest BCUT2D eigenvalue weighted by atomic mass is 10.2. The summed E-state index contributed by atoms with van der Waals surface area (Å²) in [5.41, 5.74) is 2.57. The molecule has 0 bridgehead atoms. The van der Waals surface area contributed by atoms with Gasteiger partial charge in [0.25, 0.3) is 5.69 Å². The van der Waals surface area contributed by atoms with Crippen molar-refractivity contribution in [2.75, 3.05) is 0 Å². The van der Waals surface area contributed by atoms with Crippen molar-refractivity contribution in [3.63, 3.8) is 0 Å². The van der Waals surface area contributed by atoms with Crippen LogP contribution in [0.2, 0.25) is 0 Å². The molecule has 1 N–H and O–H groups in total. The molecule has 140 valence electrons. The zero-order valence-corrected chi connectivity index (χ0v) is 15.4. The summed E-state index contributed by atoms with van der Waals surface area (Å²) in [5, 5.41) is 10.7. The van der Waals surface area contributed by atoms with Gasteiger partial charge in [0, 0.05) is 24.7 Å². The maximum Gasteiger partial charge on any atom is 0.269 e. The minimum Gasteiger partial charge on any atom is -0.325 e. The molecule has 4 rings (SSSR count). The Hall–Kier alpha value is -2.78. The van der Waals surface area contributed by atoms with Crippen molar-refractivity contribution in [1.29, 1.82) is 0 Å². The lowest BCUT2D eigenvalue weighted by molar-refractivity contribution is -0.384. The Bertz CT molecular complexity index is 1130. The minimum atomic E-state index is -3.76. The Balaban J connectivity index is 1.52. The summed E-state index contributed by atoms with van der Waals surface area (Å²) in [6.45, 7) is 2.10. The normalized spacial score (nSPS) is 14.6. The quantitative estimate of drug-likeness (QED) is 0.517. The van der Waals surface area contributed by atoms with Gasteiger partial charge >= 0.3 is 0 Å². The molecule has 1 saturated carbocycles. The first-order valence-electron chi connectivity index (χ1n) is 8.57. The molecule has 0 aliphatic heterocycles. The van der Waals surface area contributed by atoms with Gasteiger partial charge < -0.3 is 4.57 Å². The van der Waals surface area contributed by atoms with Gasteiger partial charge in [-0.1, -0.05) is 6.07 Å². The lowest BCUT2D eigenvalue weighted by Crippen LogP contribution is -2.23. The zero-order valence-electron chi connectivity index (χ0n) is 14.6. The Morgan fingerprint density at radius 2 is 1.93 bits per heavy atom. The molecule has 0 spiro atoms. The molecular weight excluding hydrogens is 368 g/mol. The van der Waals surface area contributed by atoms with E-state index in [9.17, 15) is 18.5 Å². The van der Waals surface area contributed by atoms with E-state index in [-0.39, 0.29) is 17.1 Å². The van der Waals surface area contributed by atoms with E-state index in [4.69, 9.17) is 0 Å². The van der Waals surface area contributed by atoms with Gasteiger partial charge in [0.15, 0.2) is 0 Å². The van der Waals surface area contributed by atoms with Gasteiger partial charge in [-0.15, -0.1) is 0 Å². The zero-order chi connectivity index (χ0) is 19.2. The summed E-state index contributed by atoms with van der Waals surface area (Å²) in [4.78, 5) is 14.7. The first-order chi connectivity index (χ1) is 12.8. The molecule has 1 heterocycles. The summed E-state index contributed by atoms with van der Waals surface area (Å²) in [5.74, 6) is 0.969. The highest BCUT2D eigenvalue weighted by molar-refractivity contribution is 7.89. The van der Waals surface area contributed by atoms with Crippen molar-refractivity contribution in [1.82, 2.24) is 14.3 Å². The van der Waals surface area contributed by atoms with Gasteiger partial charge in [-0.25, -0.2) is 18.1 Å². The molecule has 1 fully saturated rings. The van der Waals surface area contributed by atoms with Gasteiger partial charge in [-0.2, -0.15) is 0 Å². The van der Waals surface area contributed by atoms with Crippen LogP contribution in [0.3, 0.4) is 0 Å². The van der Waals surface area contributed by atoms with Crippen LogP contribution in [0.15, 0.2) is 47.4 Å². The predicted octanol–water partition coefficient (Wildman–Crippen LogP) is 3.07. The fraction of sp³-hybridized carbons (Fsp3) is 0.278. The largest absolute Gasteiger partial charge is 0.325 e. The number of hydrogen-bond acceptors (Lipinski definition) is 5. The van der Waals surface area contributed by atoms with Crippen LogP contribution in [0.1, 0.15) is 30.3 Å². The van der Waals surface area contributed by atoms with Crippen molar-refractivity contribution >= 4 is 26.7 Å². The maximum atomic E-state index is 12.4. The maximum absolute atomic E-state index is 12.4. The third-order valence-electron chi connectivity index (χ3n) is 4.67. The number of aryl methyl sites for hydroxylation is 1. The summed E-state index contributed by atoms with van der Waals surface area (Å²) < 4.78 is 29.6. The minimum absolute atomic E-state index is 0.0111. The fourth-order valence-electron chi connectivity index (χ4n) is 3.18. The topological polar surface area (TPSA) is 107 Å². The molecule has 1 aromatic heterocycles. The summed E-state index contributed by atoms with van der Waals surface area (Å²) in [6.07, 6.45) is 2.34. The third kappa shape index (κ3) is 3.43. The molecule has 27 heavy (non-hydrogen) atoms. The van der Waals surface area contributed by atoms with Crippen molar-refractivity contribution in [3.05, 3.63) is 64.0 Å². The Labute approximate surface area is 156 Å². The Morgan fingerprint density at radius 3 is 2.56 bits per heavy atom. The first kappa shape index (κ1) is 17.6. The fourth-order valence-corrected chi connectivity index (χ4v) is 4.19. The number of nitrogens with zero attached hydrogens (tertiary/aromatic N) is 3. The molecular formula is C18H18N4O4S. The van der Waals surface area contributed by atoms with E-state index >= 15 is 0 Å². The number of non-ortho nitro benzene ring substituents is 1. The van der Waals surface area contributed by atoms with E-state index in [1.807, 2.05) is 25.1 Å². The van der Waals surface area contributed by atoms with Crippen LogP contribution in [0.25, 0.3) is 11.0 Å². The molecule has 8 nitrogen and oxygen atoms in total. The number of sulfonamides is 1. The number of nitrogens with one attached hydrogen (secondary N) is 1. The molecule has 0 radical (unpaired) electrons. The van der Waals surface area contributed by atoms with E-state index in [0.717, 1.165) is 22.4 Å². The lowest BCUT2D eigenvalue weighted by Gasteiger charge is -2.08. The van der Waals surface area contributed by atoms with Crippen LogP contribution in [-0.2, 0) is 16.6 Å². The predicted molar refractivity (Wildman–Crippen MR) is 99.9 cm³/mol. The third-order valence-corrected chi connectivity index (χ3v) is 6.08. The highest BCUT2D eigenvalue weighted by Gasteiger charge is 2.27. The van der Waals surface area contributed by atoms with Gasteiger partial charge in [0.2, 0.25) is 10.0 Å². The second kappa shape index (κ2) is 6.43. The molecule has 2 aromatic carbocycles. The van der Waals surface area contributed by atoms with Crippen LogP contribution in [0.5, 0.6) is 0 Å². The summed E-state index contributed by atoms with van der Waals surface area (Å²) >= 11 is 0. The molecule has 1 aliphatic rings. The molecule has 0 unspecified atom stereocenters. The van der Waals surface area contributed by atoms with Crippen molar-refractivity contribution < 1.29 is 13.3 Å². The standard InChI is InChI=1S/C18H18N4O4S/c1-12-20-17-10-13(2-9-18(17)21(12)14-3-4-14)11-19-27(25,26)16-7-5-15(6-8-16)22(23)24/h2,5-10,14,19H,3-4,11H2,1H3. The van der Waals surface area contributed by atoms with Crippen LogP contribution < -0.4 is 4.72 Å². The number of nitro benzene ring substituents is 1.